The first kappa shape index (κ1) is 12.0. The Bertz CT molecular complexity index is 418. The molecule has 0 unspecified atom stereocenters. The standard InChI is InChI=1S/C12H20N4O/c1-8-9(13)10(16-15-8)14-11(17)12(2)6-4-3-5-7-12/h3-7,13H2,1-2H3,(H2,14,15,16,17). The highest BCUT2D eigenvalue weighted by molar-refractivity contribution is 5.96. The van der Waals surface area contributed by atoms with Gasteiger partial charge in [0.1, 0.15) is 0 Å². The molecule has 1 saturated carbocycles. The number of aromatic amines is 1. The zero-order valence-corrected chi connectivity index (χ0v) is 10.5. The van der Waals surface area contributed by atoms with Crippen molar-refractivity contribution < 1.29 is 4.79 Å². The molecule has 0 aromatic carbocycles. The fraction of sp³-hybridized carbons (Fsp3) is 0.667. The lowest BCUT2D eigenvalue weighted by Crippen LogP contribution is -2.35. The molecule has 5 heteroatoms. The molecule has 1 fully saturated rings. The minimum atomic E-state index is -0.266. The molecule has 0 spiro atoms. The summed E-state index contributed by atoms with van der Waals surface area (Å²) in [5.74, 6) is 0.495. The summed E-state index contributed by atoms with van der Waals surface area (Å²) in [4.78, 5) is 12.2. The Hall–Kier alpha value is -1.52. The molecule has 94 valence electrons. The summed E-state index contributed by atoms with van der Waals surface area (Å²) in [5, 5.41) is 9.60. The predicted molar refractivity (Wildman–Crippen MR) is 67.6 cm³/mol. The van der Waals surface area contributed by atoms with Gasteiger partial charge in [0.25, 0.3) is 0 Å². The van der Waals surface area contributed by atoms with Crippen molar-refractivity contribution >= 4 is 17.4 Å². The highest BCUT2D eigenvalue weighted by Crippen LogP contribution is 2.37. The Kier molecular flexibility index (Phi) is 3.09. The number of amides is 1. The van der Waals surface area contributed by atoms with E-state index in [1.165, 1.54) is 6.42 Å². The van der Waals surface area contributed by atoms with Crippen LogP contribution in [0.4, 0.5) is 11.5 Å². The number of anilines is 2. The second-order valence-corrected chi connectivity index (χ2v) is 5.19. The molecular weight excluding hydrogens is 216 g/mol. The van der Waals surface area contributed by atoms with Crippen LogP contribution in [-0.2, 0) is 4.79 Å². The first-order chi connectivity index (χ1) is 8.03. The summed E-state index contributed by atoms with van der Waals surface area (Å²) in [6.45, 7) is 3.86. The van der Waals surface area contributed by atoms with Crippen LogP contribution in [0.15, 0.2) is 0 Å². The van der Waals surface area contributed by atoms with Crippen LogP contribution in [0.5, 0.6) is 0 Å². The number of nitrogens with one attached hydrogen (secondary N) is 2. The van der Waals surface area contributed by atoms with Crippen molar-refractivity contribution in [2.24, 2.45) is 5.41 Å². The topological polar surface area (TPSA) is 83.8 Å². The second-order valence-electron chi connectivity index (χ2n) is 5.19. The highest BCUT2D eigenvalue weighted by atomic mass is 16.2. The maximum absolute atomic E-state index is 12.2. The average molecular weight is 236 g/mol. The highest BCUT2D eigenvalue weighted by Gasteiger charge is 2.35. The van der Waals surface area contributed by atoms with E-state index in [1.54, 1.807) is 0 Å². The number of hydrogen-bond donors (Lipinski definition) is 3. The molecular formula is C12H20N4O. The number of hydrogen-bond acceptors (Lipinski definition) is 3. The molecule has 17 heavy (non-hydrogen) atoms. The zero-order valence-electron chi connectivity index (χ0n) is 10.5. The Morgan fingerprint density at radius 2 is 2.06 bits per heavy atom. The van der Waals surface area contributed by atoms with Gasteiger partial charge in [-0.1, -0.05) is 26.2 Å². The Morgan fingerprint density at radius 1 is 1.41 bits per heavy atom. The lowest BCUT2D eigenvalue weighted by Gasteiger charge is -2.31. The van der Waals surface area contributed by atoms with E-state index in [2.05, 4.69) is 15.5 Å². The fourth-order valence-corrected chi connectivity index (χ4v) is 2.35. The van der Waals surface area contributed by atoms with Crippen molar-refractivity contribution in [1.82, 2.24) is 10.2 Å². The number of nitrogen functional groups attached to an aromatic ring is 1. The smallest absolute Gasteiger partial charge is 0.231 e. The lowest BCUT2D eigenvalue weighted by molar-refractivity contribution is -0.126. The molecule has 0 bridgehead atoms. The van der Waals surface area contributed by atoms with E-state index in [9.17, 15) is 4.79 Å². The monoisotopic (exact) mass is 236 g/mol. The Labute approximate surface area is 101 Å². The van der Waals surface area contributed by atoms with Crippen LogP contribution in [-0.4, -0.2) is 16.1 Å². The van der Waals surface area contributed by atoms with Crippen LogP contribution in [0.3, 0.4) is 0 Å². The number of carbonyl (C=O) groups is 1. The average Bonchev–Trinajstić information content (AvgIpc) is 2.62. The summed E-state index contributed by atoms with van der Waals surface area (Å²) in [6.07, 6.45) is 5.37. The van der Waals surface area contributed by atoms with Crippen molar-refractivity contribution in [3.05, 3.63) is 5.69 Å². The summed E-state index contributed by atoms with van der Waals surface area (Å²) in [7, 11) is 0. The van der Waals surface area contributed by atoms with Crippen LogP contribution < -0.4 is 11.1 Å². The van der Waals surface area contributed by atoms with E-state index in [4.69, 9.17) is 5.73 Å². The predicted octanol–water partition coefficient (Wildman–Crippen LogP) is 2.21. The summed E-state index contributed by atoms with van der Waals surface area (Å²) >= 11 is 0. The van der Waals surface area contributed by atoms with Crippen molar-refractivity contribution in [1.29, 1.82) is 0 Å². The molecule has 0 radical (unpaired) electrons. The van der Waals surface area contributed by atoms with Gasteiger partial charge < -0.3 is 11.1 Å². The van der Waals surface area contributed by atoms with E-state index in [0.29, 0.717) is 11.5 Å². The molecule has 1 aliphatic carbocycles. The van der Waals surface area contributed by atoms with E-state index in [1.807, 2.05) is 13.8 Å². The first-order valence-corrected chi connectivity index (χ1v) is 6.15. The molecule has 1 heterocycles. The first-order valence-electron chi connectivity index (χ1n) is 6.15. The van der Waals surface area contributed by atoms with Crippen molar-refractivity contribution in [2.75, 3.05) is 11.1 Å². The Balaban J connectivity index is 2.08. The van der Waals surface area contributed by atoms with Gasteiger partial charge in [0.2, 0.25) is 5.91 Å². The van der Waals surface area contributed by atoms with Crippen molar-refractivity contribution in [3.8, 4) is 0 Å². The number of aryl methyl sites for hydroxylation is 1. The largest absolute Gasteiger partial charge is 0.394 e. The van der Waals surface area contributed by atoms with Crippen LogP contribution in [0.2, 0.25) is 0 Å². The quantitative estimate of drug-likeness (QED) is 0.736. The molecule has 1 aromatic rings. The lowest BCUT2D eigenvalue weighted by atomic mass is 9.75. The molecule has 1 amide bonds. The van der Waals surface area contributed by atoms with Gasteiger partial charge in [-0.2, -0.15) is 5.10 Å². The third-order valence-corrected chi connectivity index (χ3v) is 3.73. The molecule has 5 nitrogen and oxygen atoms in total. The SMILES string of the molecule is Cc1[nH]nc(NC(=O)C2(C)CCCCC2)c1N. The van der Waals surface area contributed by atoms with Crippen LogP contribution >= 0.6 is 0 Å². The number of H-pyrrole nitrogens is 1. The zero-order chi connectivity index (χ0) is 12.5. The van der Waals surface area contributed by atoms with E-state index in [-0.39, 0.29) is 11.3 Å². The van der Waals surface area contributed by atoms with Gasteiger partial charge in [-0.15, -0.1) is 0 Å². The number of nitrogens with zero attached hydrogens (tertiary/aromatic N) is 1. The normalized spacial score (nSPS) is 18.9. The Morgan fingerprint density at radius 3 is 2.59 bits per heavy atom. The minimum Gasteiger partial charge on any atom is -0.394 e. The second kappa shape index (κ2) is 4.39. The van der Waals surface area contributed by atoms with Crippen LogP contribution in [0.25, 0.3) is 0 Å². The molecule has 1 aromatic heterocycles. The fourth-order valence-electron chi connectivity index (χ4n) is 2.35. The van der Waals surface area contributed by atoms with Gasteiger partial charge in [-0.25, -0.2) is 0 Å². The molecule has 2 rings (SSSR count). The maximum atomic E-state index is 12.2. The molecule has 4 N–H and O–H groups in total. The number of rotatable bonds is 2. The van der Waals surface area contributed by atoms with Crippen molar-refractivity contribution in [2.45, 2.75) is 46.0 Å². The molecule has 1 aliphatic rings. The molecule has 0 saturated heterocycles. The molecule has 0 atom stereocenters. The van der Waals surface area contributed by atoms with Gasteiger partial charge in [0, 0.05) is 5.41 Å². The van der Waals surface area contributed by atoms with Gasteiger partial charge in [-0.05, 0) is 19.8 Å². The summed E-state index contributed by atoms with van der Waals surface area (Å²) < 4.78 is 0. The van der Waals surface area contributed by atoms with E-state index < -0.39 is 0 Å². The minimum absolute atomic E-state index is 0.0374. The van der Waals surface area contributed by atoms with Gasteiger partial charge in [0.15, 0.2) is 5.82 Å². The van der Waals surface area contributed by atoms with Crippen LogP contribution in [0.1, 0.15) is 44.7 Å². The van der Waals surface area contributed by atoms with Gasteiger partial charge in [0.05, 0.1) is 11.4 Å². The summed E-state index contributed by atoms with van der Waals surface area (Å²) in [6, 6.07) is 0. The van der Waals surface area contributed by atoms with E-state index >= 15 is 0 Å². The van der Waals surface area contributed by atoms with Gasteiger partial charge >= 0.3 is 0 Å². The van der Waals surface area contributed by atoms with Crippen molar-refractivity contribution in [3.63, 3.8) is 0 Å². The van der Waals surface area contributed by atoms with Gasteiger partial charge in [-0.3, -0.25) is 9.89 Å². The molecule has 0 aliphatic heterocycles. The maximum Gasteiger partial charge on any atom is 0.231 e. The third-order valence-electron chi connectivity index (χ3n) is 3.73. The van der Waals surface area contributed by atoms with E-state index in [0.717, 1.165) is 31.4 Å². The van der Waals surface area contributed by atoms with Crippen LogP contribution in [0, 0.1) is 12.3 Å². The summed E-state index contributed by atoms with van der Waals surface area (Å²) in [5.41, 5.74) is 6.86. The number of aromatic nitrogens is 2. The third kappa shape index (κ3) is 2.28. The number of nitrogens with two attached hydrogens (primary N) is 1. The number of carbonyl (C=O) groups excluding carboxylic acids is 1.